The molecule has 0 saturated heterocycles. The first-order valence-corrected chi connectivity index (χ1v) is 5.31. The highest BCUT2D eigenvalue weighted by Gasteiger charge is 2.19. The largest absolute Gasteiger partial charge is 0.365 e. The molecule has 0 aromatic carbocycles. The van der Waals surface area contributed by atoms with Crippen molar-refractivity contribution in [3.05, 3.63) is 48.5 Å². The van der Waals surface area contributed by atoms with Crippen LogP contribution in [0.2, 0.25) is 0 Å². The molecular formula is C12H9N5O. The number of primary amides is 1. The summed E-state index contributed by atoms with van der Waals surface area (Å²) in [5.74, 6) is -0.546. The molecule has 18 heavy (non-hydrogen) atoms. The van der Waals surface area contributed by atoms with Gasteiger partial charge in [0.2, 0.25) is 0 Å². The molecule has 3 aromatic heterocycles. The van der Waals surface area contributed by atoms with E-state index >= 15 is 0 Å². The molecule has 0 unspecified atom stereocenters. The standard InChI is InChI=1S/C12H9N5O/c13-11(18)9-10(8-2-5-14-6-3-8)16-17-7-1-4-15-12(9)17/h1-7H,(H2,13,18). The van der Waals surface area contributed by atoms with Gasteiger partial charge in [-0.05, 0) is 18.2 Å². The van der Waals surface area contributed by atoms with Gasteiger partial charge in [0.15, 0.2) is 5.65 Å². The minimum absolute atomic E-state index is 0.321. The first-order valence-electron chi connectivity index (χ1n) is 5.31. The van der Waals surface area contributed by atoms with Gasteiger partial charge in [0.05, 0.1) is 0 Å². The van der Waals surface area contributed by atoms with Crippen LogP contribution in [0.1, 0.15) is 10.4 Å². The van der Waals surface area contributed by atoms with Gasteiger partial charge in [0.1, 0.15) is 11.3 Å². The van der Waals surface area contributed by atoms with Crippen molar-refractivity contribution in [2.75, 3.05) is 0 Å². The van der Waals surface area contributed by atoms with Crippen molar-refractivity contribution in [1.82, 2.24) is 19.6 Å². The van der Waals surface area contributed by atoms with E-state index in [4.69, 9.17) is 5.73 Å². The normalized spacial score (nSPS) is 10.7. The molecule has 3 aromatic rings. The highest BCUT2D eigenvalue weighted by molar-refractivity contribution is 6.04. The molecule has 0 aliphatic carbocycles. The quantitative estimate of drug-likeness (QED) is 0.719. The Morgan fingerprint density at radius 3 is 2.72 bits per heavy atom. The summed E-state index contributed by atoms with van der Waals surface area (Å²) in [6.45, 7) is 0. The van der Waals surface area contributed by atoms with Gasteiger partial charge in [-0.3, -0.25) is 9.78 Å². The van der Waals surface area contributed by atoms with Gasteiger partial charge in [-0.2, -0.15) is 5.10 Å². The summed E-state index contributed by atoms with van der Waals surface area (Å²) in [4.78, 5) is 19.6. The van der Waals surface area contributed by atoms with E-state index in [0.29, 0.717) is 16.9 Å². The van der Waals surface area contributed by atoms with Crippen LogP contribution in [0.15, 0.2) is 43.0 Å². The van der Waals surface area contributed by atoms with Crippen LogP contribution in [0, 0.1) is 0 Å². The molecule has 6 nitrogen and oxygen atoms in total. The molecule has 0 bridgehead atoms. The third kappa shape index (κ3) is 1.51. The van der Waals surface area contributed by atoms with E-state index in [1.165, 1.54) is 4.52 Å². The first-order chi connectivity index (χ1) is 8.77. The second-order valence-electron chi connectivity index (χ2n) is 3.71. The molecule has 2 N–H and O–H groups in total. The summed E-state index contributed by atoms with van der Waals surface area (Å²) < 4.78 is 1.54. The zero-order valence-electron chi connectivity index (χ0n) is 9.32. The molecule has 0 atom stereocenters. The molecular weight excluding hydrogens is 230 g/mol. The van der Waals surface area contributed by atoms with E-state index in [1.54, 1.807) is 43.0 Å². The zero-order valence-corrected chi connectivity index (χ0v) is 9.32. The third-order valence-electron chi connectivity index (χ3n) is 2.60. The fourth-order valence-corrected chi connectivity index (χ4v) is 1.83. The molecule has 0 radical (unpaired) electrons. The summed E-state index contributed by atoms with van der Waals surface area (Å²) in [7, 11) is 0. The predicted octanol–water partition coefficient (Wildman–Crippen LogP) is 0.890. The number of hydrogen-bond acceptors (Lipinski definition) is 4. The van der Waals surface area contributed by atoms with Crippen molar-refractivity contribution in [3.8, 4) is 11.3 Å². The Morgan fingerprint density at radius 2 is 2.00 bits per heavy atom. The lowest BCUT2D eigenvalue weighted by Crippen LogP contribution is -2.12. The van der Waals surface area contributed by atoms with Crippen LogP contribution in [-0.4, -0.2) is 25.5 Å². The molecule has 0 fully saturated rings. The van der Waals surface area contributed by atoms with Crippen molar-refractivity contribution in [1.29, 1.82) is 0 Å². The monoisotopic (exact) mass is 239 g/mol. The van der Waals surface area contributed by atoms with Gasteiger partial charge in [-0.25, -0.2) is 9.50 Å². The second-order valence-corrected chi connectivity index (χ2v) is 3.71. The fourth-order valence-electron chi connectivity index (χ4n) is 1.83. The molecule has 0 aliphatic rings. The Balaban J connectivity index is 2.36. The molecule has 1 amide bonds. The molecule has 0 saturated carbocycles. The Kier molecular flexibility index (Phi) is 2.26. The van der Waals surface area contributed by atoms with Crippen molar-refractivity contribution in [3.63, 3.8) is 0 Å². The maximum Gasteiger partial charge on any atom is 0.254 e. The van der Waals surface area contributed by atoms with E-state index in [0.717, 1.165) is 5.56 Å². The van der Waals surface area contributed by atoms with Gasteiger partial charge >= 0.3 is 0 Å². The van der Waals surface area contributed by atoms with Crippen molar-refractivity contribution < 1.29 is 4.79 Å². The number of pyridine rings is 1. The number of fused-ring (bicyclic) bond motifs is 1. The zero-order chi connectivity index (χ0) is 12.5. The minimum atomic E-state index is -0.546. The Morgan fingerprint density at radius 1 is 1.22 bits per heavy atom. The van der Waals surface area contributed by atoms with Crippen LogP contribution in [0.25, 0.3) is 16.9 Å². The lowest BCUT2D eigenvalue weighted by Gasteiger charge is -1.97. The lowest BCUT2D eigenvalue weighted by molar-refractivity contribution is 0.100. The minimum Gasteiger partial charge on any atom is -0.365 e. The van der Waals surface area contributed by atoms with Crippen LogP contribution in [0.5, 0.6) is 0 Å². The summed E-state index contributed by atoms with van der Waals surface area (Å²) in [5, 5.41) is 4.33. The molecule has 3 heterocycles. The number of hydrogen-bond donors (Lipinski definition) is 1. The highest BCUT2D eigenvalue weighted by Crippen LogP contribution is 2.23. The Hall–Kier alpha value is -2.76. The summed E-state index contributed by atoms with van der Waals surface area (Å²) >= 11 is 0. The summed E-state index contributed by atoms with van der Waals surface area (Å²) in [6, 6.07) is 5.28. The van der Waals surface area contributed by atoms with Crippen LogP contribution < -0.4 is 5.73 Å². The average Bonchev–Trinajstić information content (AvgIpc) is 2.79. The third-order valence-corrected chi connectivity index (χ3v) is 2.60. The van der Waals surface area contributed by atoms with Gasteiger partial charge in [-0.1, -0.05) is 0 Å². The van der Waals surface area contributed by atoms with Crippen LogP contribution >= 0.6 is 0 Å². The number of nitrogens with zero attached hydrogens (tertiary/aromatic N) is 4. The topological polar surface area (TPSA) is 86.2 Å². The Bertz CT molecular complexity index is 720. The van der Waals surface area contributed by atoms with Crippen LogP contribution in [0.4, 0.5) is 0 Å². The lowest BCUT2D eigenvalue weighted by atomic mass is 10.1. The van der Waals surface area contributed by atoms with Gasteiger partial charge in [0, 0.05) is 30.4 Å². The number of carbonyl (C=O) groups excluding carboxylic acids is 1. The van der Waals surface area contributed by atoms with Gasteiger partial charge in [0.25, 0.3) is 5.91 Å². The van der Waals surface area contributed by atoms with E-state index in [9.17, 15) is 4.79 Å². The highest BCUT2D eigenvalue weighted by atomic mass is 16.1. The molecule has 3 rings (SSSR count). The molecule has 0 spiro atoms. The van der Waals surface area contributed by atoms with E-state index < -0.39 is 5.91 Å². The molecule has 6 heteroatoms. The molecule has 88 valence electrons. The number of amides is 1. The van der Waals surface area contributed by atoms with Crippen molar-refractivity contribution in [2.24, 2.45) is 5.73 Å². The second kappa shape index (κ2) is 3.92. The smallest absolute Gasteiger partial charge is 0.254 e. The first kappa shape index (κ1) is 10.4. The summed E-state index contributed by atoms with van der Waals surface area (Å²) in [6.07, 6.45) is 6.59. The SMILES string of the molecule is NC(=O)c1c(-c2ccncc2)nn2cccnc12. The van der Waals surface area contributed by atoms with Gasteiger partial charge in [-0.15, -0.1) is 0 Å². The fraction of sp³-hybridized carbons (Fsp3) is 0. The van der Waals surface area contributed by atoms with Crippen LogP contribution in [0.3, 0.4) is 0 Å². The van der Waals surface area contributed by atoms with E-state index in [-0.39, 0.29) is 0 Å². The number of aromatic nitrogens is 4. The number of carbonyl (C=O) groups is 1. The maximum absolute atomic E-state index is 11.6. The van der Waals surface area contributed by atoms with E-state index in [1.807, 2.05) is 0 Å². The van der Waals surface area contributed by atoms with Crippen LogP contribution in [-0.2, 0) is 0 Å². The molecule has 0 aliphatic heterocycles. The van der Waals surface area contributed by atoms with Crippen molar-refractivity contribution >= 4 is 11.6 Å². The number of rotatable bonds is 2. The van der Waals surface area contributed by atoms with Crippen molar-refractivity contribution in [2.45, 2.75) is 0 Å². The average molecular weight is 239 g/mol. The predicted molar refractivity (Wildman–Crippen MR) is 64.7 cm³/mol. The van der Waals surface area contributed by atoms with E-state index in [2.05, 4.69) is 15.1 Å². The summed E-state index contributed by atoms with van der Waals surface area (Å²) in [5.41, 5.74) is 7.49. The maximum atomic E-state index is 11.6. The number of nitrogens with two attached hydrogens (primary N) is 1. The Labute approximate surface area is 102 Å². The van der Waals surface area contributed by atoms with Gasteiger partial charge < -0.3 is 5.73 Å².